The van der Waals surface area contributed by atoms with Crippen LogP contribution in [0, 0.1) is 11.3 Å². The number of hydrogen-bond donors (Lipinski definition) is 0. The molecule has 0 aromatic carbocycles. The monoisotopic (exact) mass is 249 g/mol. The van der Waals surface area contributed by atoms with E-state index in [9.17, 15) is 9.36 Å². The molecule has 0 aliphatic carbocycles. The molecule has 0 bridgehead atoms. The molecule has 0 aliphatic rings. The summed E-state index contributed by atoms with van der Waals surface area (Å²) in [6.07, 6.45) is -1.34. The van der Waals surface area contributed by atoms with E-state index in [1.807, 2.05) is 0 Å². The van der Waals surface area contributed by atoms with E-state index in [1.165, 1.54) is 6.92 Å². The summed E-state index contributed by atoms with van der Waals surface area (Å²) in [7, 11) is -3.43. The Morgan fingerprint density at radius 1 is 1.38 bits per heavy atom. The highest BCUT2D eigenvalue weighted by molar-refractivity contribution is 7.54. The summed E-state index contributed by atoms with van der Waals surface area (Å²) in [5.74, 6) is -0.765. The molecule has 6 nitrogen and oxygen atoms in total. The van der Waals surface area contributed by atoms with Gasteiger partial charge in [-0.1, -0.05) is 0 Å². The SMILES string of the molecule is CCOP(=O)(CC(=O)OC(C)C#N)OCC. The largest absolute Gasteiger partial charge is 0.447 e. The van der Waals surface area contributed by atoms with Crippen LogP contribution in [0.2, 0.25) is 0 Å². The molecule has 0 amide bonds. The van der Waals surface area contributed by atoms with Gasteiger partial charge in [-0.15, -0.1) is 0 Å². The van der Waals surface area contributed by atoms with E-state index in [0.29, 0.717) is 0 Å². The third kappa shape index (κ3) is 5.86. The van der Waals surface area contributed by atoms with Crippen molar-refractivity contribution in [3.05, 3.63) is 0 Å². The van der Waals surface area contributed by atoms with Crippen LogP contribution in [0.25, 0.3) is 0 Å². The fourth-order valence-electron chi connectivity index (χ4n) is 0.941. The summed E-state index contributed by atoms with van der Waals surface area (Å²) in [6.45, 7) is 5.07. The molecule has 0 rings (SSSR count). The number of esters is 1. The summed E-state index contributed by atoms with van der Waals surface area (Å²) in [5, 5.41) is 8.43. The fraction of sp³-hybridized carbons (Fsp3) is 0.778. The van der Waals surface area contributed by atoms with Crippen LogP contribution >= 0.6 is 7.60 Å². The minimum absolute atomic E-state index is 0.179. The lowest BCUT2D eigenvalue weighted by Gasteiger charge is -2.16. The smallest absolute Gasteiger partial charge is 0.341 e. The first-order chi connectivity index (χ1) is 7.47. The molecular weight excluding hydrogens is 233 g/mol. The fourth-order valence-corrected chi connectivity index (χ4v) is 2.38. The van der Waals surface area contributed by atoms with Gasteiger partial charge < -0.3 is 13.8 Å². The summed E-state index contributed by atoms with van der Waals surface area (Å²) in [4.78, 5) is 11.3. The predicted molar refractivity (Wildman–Crippen MR) is 56.9 cm³/mol. The lowest BCUT2D eigenvalue weighted by atomic mass is 10.5. The number of carbonyl (C=O) groups excluding carboxylic acids is 1. The van der Waals surface area contributed by atoms with Crippen molar-refractivity contribution >= 4 is 13.6 Å². The average Bonchev–Trinajstić information content (AvgIpc) is 2.17. The van der Waals surface area contributed by atoms with Crippen molar-refractivity contribution in [2.45, 2.75) is 26.9 Å². The number of ether oxygens (including phenoxy) is 1. The molecule has 92 valence electrons. The minimum Gasteiger partial charge on any atom is -0.447 e. The Labute approximate surface area is 95.0 Å². The molecule has 1 unspecified atom stereocenters. The zero-order chi connectivity index (χ0) is 12.6. The minimum atomic E-state index is -3.43. The predicted octanol–water partition coefficient (Wildman–Crippen LogP) is 1.71. The maximum absolute atomic E-state index is 11.9. The lowest BCUT2D eigenvalue weighted by molar-refractivity contribution is -0.143. The Hall–Kier alpha value is -0.890. The lowest BCUT2D eigenvalue weighted by Crippen LogP contribution is -2.18. The first-order valence-corrected chi connectivity index (χ1v) is 6.67. The summed E-state index contributed by atoms with van der Waals surface area (Å²) in [6, 6.07) is 1.73. The van der Waals surface area contributed by atoms with Gasteiger partial charge in [0.05, 0.1) is 13.2 Å². The second-order valence-electron chi connectivity index (χ2n) is 2.87. The van der Waals surface area contributed by atoms with Crippen molar-refractivity contribution in [3.63, 3.8) is 0 Å². The molecule has 16 heavy (non-hydrogen) atoms. The van der Waals surface area contributed by atoms with Crippen molar-refractivity contribution in [1.29, 1.82) is 5.26 Å². The van der Waals surface area contributed by atoms with Gasteiger partial charge in [-0.3, -0.25) is 9.36 Å². The third-order valence-corrected chi connectivity index (χ3v) is 3.41. The van der Waals surface area contributed by atoms with Crippen LogP contribution in [0.4, 0.5) is 0 Å². The molecule has 0 aromatic heterocycles. The highest BCUT2D eigenvalue weighted by atomic mass is 31.2. The number of rotatable bonds is 7. The van der Waals surface area contributed by atoms with E-state index in [2.05, 4.69) is 4.74 Å². The maximum atomic E-state index is 11.9. The van der Waals surface area contributed by atoms with Crippen LogP contribution in [0.5, 0.6) is 0 Å². The van der Waals surface area contributed by atoms with Crippen LogP contribution in [0.3, 0.4) is 0 Å². The Morgan fingerprint density at radius 2 is 1.88 bits per heavy atom. The van der Waals surface area contributed by atoms with Gasteiger partial charge >= 0.3 is 13.6 Å². The maximum Gasteiger partial charge on any atom is 0.341 e. The first-order valence-electron chi connectivity index (χ1n) is 4.94. The Kier molecular flexibility index (Phi) is 6.98. The van der Waals surface area contributed by atoms with E-state index in [1.54, 1.807) is 19.9 Å². The number of nitriles is 1. The molecule has 0 spiro atoms. The third-order valence-electron chi connectivity index (χ3n) is 1.46. The van der Waals surface area contributed by atoms with Gasteiger partial charge in [-0.05, 0) is 20.8 Å². The molecule has 0 aliphatic heterocycles. The summed E-state index contributed by atoms with van der Waals surface area (Å²) in [5.41, 5.74) is 0. The van der Waals surface area contributed by atoms with E-state index in [0.717, 1.165) is 0 Å². The molecule has 7 heteroatoms. The van der Waals surface area contributed by atoms with Gasteiger partial charge in [-0.25, -0.2) is 0 Å². The molecule has 0 saturated carbocycles. The van der Waals surface area contributed by atoms with Gasteiger partial charge in [0.2, 0.25) is 0 Å². The normalized spacial score (nSPS) is 12.9. The van der Waals surface area contributed by atoms with Gasteiger partial charge in [0.15, 0.2) is 6.10 Å². The van der Waals surface area contributed by atoms with Crippen molar-refractivity contribution in [1.82, 2.24) is 0 Å². The van der Waals surface area contributed by atoms with Gasteiger partial charge in [0, 0.05) is 0 Å². The molecule has 0 N–H and O–H groups in total. The highest BCUT2D eigenvalue weighted by Crippen LogP contribution is 2.47. The molecule has 1 atom stereocenters. The molecule has 0 aromatic rings. The van der Waals surface area contributed by atoms with Crippen LogP contribution in [-0.4, -0.2) is 31.4 Å². The Balaban J connectivity index is 4.35. The Bertz CT molecular complexity index is 302. The molecule has 0 saturated heterocycles. The number of carbonyl (C=O) groups is 1. The van der Waals surface area contributed by atoms with Gasteiger partial charge in [-0.2, -0.15) is 5.26 Å². The van der Waals surface area contributed by atoms with Crippen molar-refractivity contribution in [2.75, 3.05) is 19.4 Å². The second-order valence-corrected chi connectivity index (χ2v) is 4.92. The van der Waals surface area contributed by atoms with E-state index in [4.69, 9.17) is 14.3 Å². The van der Waals surface area contributed by atoms with Crippen molar-refractivity contribution < 1.29 is 23.1 Å². The standard InChI is InChI=1S/C9H16NO5P/c1-4-13-16(12,14-5-2)7-9(11)15-8(3)6-10/h8H,4-5,7H2,1-3H3. The quantitative estimate of drug-likeness (QED) is 0.504. The van der Waals surface area contributed by atoms with E-state index in [-0.39, 0.29) is 13.2 Å². The Morgan fingerprint density at radius 3 is 2.25 bits per heavy atom. The van der Waals surface area contributed by atoms with Gasteiger partial charge in [0.25, 0.3) is 0 Å². The van der Waals surface area contributed by atoms with E-state index < -0.39 is 25.8 Å². The highest BCUT2D eigenvalue weighted by Gasteiger charge is 2.29. The topological polar surface area (TPSA) is 85.6 Å². The first kappa shape index (κ1) is 15.1. The van der Waals surface area contributed by atoms with E-state index >= 15 is 0 Å². The van der Waals surface area contributed by atoms with Crippen LogP contribution in [0.15, 0.2) is 0 Å². The summed E-state index contributed by atoms with van der Waals surface area (Å²) < 4.78 is 26.3. The van der Waals surface area contributed by atoms with Crippen LogP contribution in [0.1, 0.15) is 20.8 Å². The number of hydrogen-bond acceptors (Lipinski definition) is 6. The zero-order valence-electron chi connectivity index (χ0n) is 9.63. The number of nitrogens with zero attached hydrogens (tertiary/aromatic N) is 1. The van der Waals surface area contributed by atoms with Crippen LogP contribution < -0.4 is 0 Å². The van der Waals surface area contributed by atoms with Crippen LogP contribution in [-0.2, 0) is 23.1 Å². The summed E-state index contributed by atoms with van der Waals surface area (Å²) >= 11 is 0. The van der Waals surface area contributed by atoms with Gasteiger partial charge in [0.1, 0.15) is 12.2 Å². The van der Waals surface area contributed by atoms with Crippen molar-refractivity contribution in [2.24, 2.45) is 0 Å². The van der Waals surface area contributed by atoms with Crippen molar-refractivity contribution in [3.8, 4) is 6.07 Å². The molecular formula is C9H16NO5P. The zero-order valence-corrected chi connectivity index (χ0v) is 10.5. The molecule has 0 radical (unpaired) electrons. The molecule has 0 heterocycles. The average molecular weight is 249 g/mol. The molecule has 0 fully saturated rings. The second kappa shape index (κ2) is 7.39.